The summed E-state index contributed by atoms with van der Waals surface area (Å²) < 4.78 is 5.26. The Kier molecular flexibility index (Phi) is 4.51. The molecule has 2 heterocycles. The lowest BCUT2D eigenvalue weighted by atomic mass is 10.1. The molecule has 104 valence electrons. The SMILES string of the molecule is O=C(O)CCOCCN1CCCc2c1cn[nH]c2=O. The Morgan fingerprint density at radius 1 is 1.53 bits per heavy atom. The molecule has 7 heteroatoms. The van der Waals surface area contributed by atoms with Crippen LogP contribution >= 0.6 is 0 Å². The summed E-state index contributed by atoms with van der Waals surface area (Å²) in [6.45, 7) is 2.15. The molecule has 0 radical (unpaired) electrons. The van der Waals surface area contributed by atoms with Crippen LogP contribution in [0.3, 0.4) is 0 Å². The van der Waals surface area contributed by atoms with E-state index in [1.54, 1.807) is 6.20 Å². The second-order valence-electron chi connectivity index (χ2n) is 4.41. The fourth-order valence-corrected chi connectivity index (χ4v) is 2.16. The predicted octanol–water partition coefficient (Wildman–Crippen LogP) is 0.0138. The van der Waals surface area contributed by atoms with Crippen molar-refractivity contribution in [1.29, 1.82) is 0 Å². The number of rotatable bonds is 6. The first-order valence-electron chi connectivity index (χ1n) is 6.29. The van der Waals surface area contributed by atoms with Crippen molar-refractivity contribution in [1.82, 2.24) is 10.2 Å². The molecular formula is C12H17N3O4. The predicted molar refractivity (Wildman–Crippen MR) is 68.5 cm³/mol. The number of aliphatic carboxylic acids is 1. The summed E-state index contributed by atoms with van der Waals surface area (Å²) in [5.41, 5.74) is 1.50. The summed E-state index contributed by atoms with van der Waals surface area (Å²) in [6.07, 6.45) is 3.36. The summed E-state index contributed by atoms with van der Waals surface area (Å²) >= 11 is 0. The van der Waals surface area contributed by atoms with Crippen molar-refractivity contribution in [3.8, 4) is 0 Å². The van der Waals surface area contributed by atoms with Gasteiger partial charge in [0.25, 0.3) is 5.56 Å². The topological polar surface area (TPSA) is 95.5 Å². The summed E-state index contributed by atoms with van der Waals surface area (Å²) in [7, 11) is 0. The largest absolute Gasteiger partial charge is 0.481 e. The maximum atomic E-state index is 11.6. The van der Waals surface area contributed by atoms with Crippen LogP contribution in [0.1, 0.15) is 18.4 Å². The lowest BCUT2D eigenvalue weighted by molar-refractivity contribution is -0.138. The highest BCUT2D eigenvalue weighted by Gasteiger charge is 2.19. The highest BCUT2D eigenvalue weighted by Crippen LogP contribution is 2.22. The maximum absolute atomic E-state index is 11.6. The van der Waals surface area contributed by atoms with E-state index in [1.165, 1.54) is 0 Å². The van der Waals surface area contributed by atoms with Crippen LogP contribution in [0, 0.1) is 0 Å². The van der Waals surface area contributed by atoms with Crippen molar-refractivity contribution in [3.05, 3.63) is 22.1 Å². The molecular weight excluding hydrogens is 250 g/mol. The van der Waals surface area contributed by atoms with Crippen LogP contribution in [-0.4, -0.2) is 47.6 Å². The minimum atomic E-state index is -0.862. The Balaban J connectivity index is 1.88. The van der Waals surface area contributed by atoms with E-state index in [9.17, 15) is 9.59 Å². The number of carboxylic acid groups (broad SMARTS) is 1. The van der Waals surface area contributed by atoms with E-state index in [4.69, 9.17) is 9.84 Å². The minimum Gasteiger partial charge on any atom is -0.481 e. The molecule has 0 fully saturated rings. The van der Waals surface area contributed by atoms with Gasteiger partial charge in [0.15, 0.2) is 0 Å². The van der Waals surface area contributed by atoms with Crippen LogP contribution in [0.15, 0.2) is 11.0 Å². The number of hydrogen-bond acceptors (Lipinski definition) is 5. The van der Waals surface area contributed by atoms with E-state index in [2.05, 4.69) is 15.1 Å². The molecule has 0 unspecified atom stereocenters. The molecule has 1 aliphatic rings. The number of H-pyrrole nitrogens is 1. The average molecular weight is 267 g/mol. The molecule has 0 amide bonds. The van der Waals surface area contributed by atoms with E-state index in [0.29, 0.717) is 13.2 Å². The third-order valence-corrected chi connectivity index (χ3v) is 3.10. The number of carboxylic acids is 1. The maximum Gasteiger partial charge on any atom is 0.305 e. The molecule has 19 heavy (non-hydrogen) atoms. The molecule has 2 rings (SSSR count). The number of anilines is 1. The van der Waals surface area contributed by atoms with E-state index >= 15 is 0 Å². The van der Waals surface area contributed by atoms with Gasteiger partial charge in [-0.1, -0.05) is 0 Å². The Hall–Kier alpha value is -1.89. The molecule has 0 spiro atoms. The van der Waals surface area contributed by atoms with Crippen LogP contribution in [0.5, 0.6) is 0 Å². The normalized spacial score (nSPS) is 14.2. The van der Waals surface area contributed by atoms with Gasteiger partial charge in [-0.15, -0.1) is 0 Å². The minimum absolute atomic E-state index is 0.0117. The number of hydrogen-bond donors (Lipinski definition) is 2. The van der Waals surface area contributed by atoms with E-state index < -0.39 is 5.97 Å². The van der Waals surface area contributed by atoms with Crippen LogP contribution in [0.25, 0.3) is 0 Å². The van der Waals surface area contributed by atoms with Crippen molar-refractivity contribution in [2.75, 3.05) is 31.2 Å². The first kappa shape index (κ1) is 13.5. The Morgan fingerprint density at radius 2 is 2.37 bits per heavy atom. The van der Waals surface area contributed by atoms with Crippen molar-refractivity contribution < 1.29 is 14.6 Å². The summed E-state index contributed by atoms with van der Waals surface area (Å²) in [5.74, 6) is -0.862. The van der Waals surface area contributed by atoms with Crippen molar-refractivity contribution in [3.63, 3.8) is 0 Å². The zero-order valence-corrected chi connectivity index (χ0v) is 10.6. The van der Waals surface area contributed by atoms with Crippen LogP contribution in [-0.2, 0) is 16.0 Å². The lowest BCUT2D eigenvalue weighted by Crippen LogP contribution is -2.35. The van der Waals surface area contributed by atoms with Gasteiger partial charge >= 0.3 is 5.97 Å². The third kappa shape index (κ3) is 3.54. The number of nitrogens with zero attached hydrogens (tertiary/aromatic N) is 2. The van der Waals surface area contributed by atoms with Gasteiger partial charge in [-0.25, -0.2) is 5.10 Å². The van der Waals surface area contributed by atoms with Gasteiger partial charge in [0, 0.05) is 18.7 Å². The van der Waals surface area contributed by atoms with Crippen LogP contribution in [0.2, 0.25) is 0 Å². The van der Waals surface area contributed by atoms with Crippen molar-refractivity contribution in [2.24, 2.45) is 0 Å². The fraction of sp³-hybridized carbons (Fsp3) is 0.583. The lowest BCUT2D eigenvalue weighted by Gasteiger charge is -2.29. The fourth-order valence-electron chi connectivity index (χ4n) is 2.16. The highest BCUT2D eigenvalue weighted by atomic mass is 16.5. The number of ether oxygens (including phenoxy) is 1. The number of fused-ring (bicyclic) bond motifs is 1. The molecule has 0 bridgehead atoms. The first-order valence-corrected chi connectivity index (χ1v) is 6.29. The van der Waals surface area contributed by atoms with E-state index in [0.717, 1.165) is 30.6 Å². The zero-order valence-electron chi connectivity index (χ0n) is 10.6. The third-order valence-electron chi connectivity index (χ3n) is 3.10. The first-order chi connectivity index (χ1) is 9.18. The summed E-state index contributed by atoms with van der Waals surface area (Å²) in [6, 6.07) is 0. The Labute approximate surface area is 110 Å². The van der Waals surface area contributed by atoms with Crippen LogP contribution in [0.4, 0.5) is 5.69 Å². The standard InChI is InChI=1S/C12H17N3O4/c16-11(17)3-6-19-7-5-15-4-1-2-9-10(15)8-13-14-12(9)18/h8H,1-7H2,(H,14,18)(H,16,17). The van der Waals surface area contributed by atoms with Gasteiger partial charge < -0.3 is 14.7 Å². The molecule has 0 aromatic carbocycles. The van der Waals surface area contributed by atoms with Gasteiger partial charge in [-0.2, -0.15) is 5.10 Å². The molecule has 1 aromatic rings. The number of aromatic nitrogens is 2. The second kappa shape index (κ2) is 6.33. The van der Waals surface area contributed by atoms with Crippen LogP contribution < -0.4 is 10.5 Å². The Morgan fingerprint density at radius 3 is 3.16 bits per heavy atom. The molecule has 0 atom stereocenters. The molecule has 1 aliphatic heterocycles. The average Bonchev–Trinajstić information content (AvgIpc) is 2.39. The Bertz CT molecular complexity index is 500. The monoisotopic (exact) mass is 267 g/mol. The number of nitrogens with one attached hydrogen (secondary N) is 1. The van der Waals surface area contributed by atoms with Gasteiger partial charge in [0.1, 0.15) is 0 Å². The van der Waals surface area contributed by atoms with Gasteiger partial charge in [0.2, 0.25) is 0 Å². The van der Waals surface area contributed by atoms with Gasteiger partial charge in [0.05, 0.1) is 31.5 Å². The van der Waals surface area contributed by atoms with Crippen molar-refractivity contribution in [2.45, 2.75) is 19.3 Å². The molecule has 0 aliphatic carbocycles. The summed E-state index contributed by atoms with van der Waals surface area (Å²) in [4.78, 5) is 24.0. The van der Waals surface area contributed by atoms with E-state index in [-0.39, 0.29) is 18.6 Å². The molecule has 0 saturated heterocycles. The van der Waals surface area contributed by atoms with Gasteiger partial charge in [-0.3, -0.25) is 9.59 Å². The number of aromatic amines is 1. The van der Waals surface area contributed by atoms with Gasteiger partial charge in [-0.05, 0) is 12.8 Å². The van der Waals surface area contributed by atoms with Crippen molar-refractivity contribution >= 4 is 11.7 Å². The quantitative estimate of drug-likeness (QED) is 0.705. The van der Waals surface area contributed by atoms with E-state index in [1.807, 2.05) is 0 Å². The number of carbonyl (C=O) groups is 1. The molecule has 1 aromatic heterocycles. The second-order valence-corrected chi connectivity index (χ2v) is 4.41. The molecule has 0 saturated carbocycles. The molecule has 7 nitrogen and oxygen atoms in total. The highest BCUT2D eigenvalue weighted by molar-refractivity contribution is 5.66. The smallest absolute Gasteiger partial charge is 0.305 e. The molecule has 2 N–H and O–H groups in total. The zero-order chi connectivity index (χ0) is 13.7. The summed E-state index contributed by atoms with van der Waals surface area (Å²) in [5, 5.41) is 14.7.